The molecule has 1 spiro atoms. The molecular weight excluding hydrogens is 468 g/mol. The number of nitrogens with zero attached hydrogens (tertiary/aromatic N) is 2. The summed E-state index contributed by atoms with van der Waals surface area (Å²) in [4.78, 5) is 26.9. The van der Waals surface area contributed by atoms with Crippen LogP contribution >= 0.6 is 11.3 Å². The number of carboxylic acid groups (broad SMARTS) is 2. The SMILES string of the molecule is O=C(O)C(Cc1cscn1)CN1CCC2(CC1)OCc1ccc(F)cc12.O=C(O)C(F)(F)F. The molecule has 0 bridgehead atoms. The van der Waals surface area contributed by atoms with E-state index in [0.717, 1.165) is 42.8 Å². The molecule has 0 saturated carbocycles. The van der Waals surface area contributed by atoms with Crippen LogP contribution in [-0.2, 0) is 33.0 Å². The van der Waals surface area contributed by atoms with Crippen LogP contribution in [0.15, 0.2) is 29.1 Å². The number of ether oxygens (including phenoxy) is 1. The smallest absolute Gasteiger partial charge is 0.481 e. The summed E-state index contributed by atoms with van der Waals surface area (Å²) >= 11 is 1.48. The topological polar surface area (TPSA) is 100.0 Å². The Kier molecular flexibility index (Phi) is 7.70. The highest BCUT2D eigenvalue weighted by Crippen LogP contribution is 2.44. The first kappa shape index (κ1) is 25.1. The number of fused-ring (bicyclic) bond motifs is 2. The Morgan fingerprint density at radius 3 is 2.45 bits per heavy atom. The maximum absolute atomic E-state index is 13.7. The van der Waals surface area contributed by atoms with Gasteiger partial charge in [0.05, 0.1) is 29.3 Å². The summed E-state index contributed by atoms with van der Waals surface area (Å²) in [6, 6.07) is 4.88. The summed E-state index contributed by atoms with van der Waals surface area (Å²) in [6.45, 7) is 2.52. The Labute approximate surface area is 190 Å². The van der Waals surface area contributed by atoms with Gasteiger partial charge in [-0.3, -0.25) is 4.79 Å². The highest BCUT2D eigenvalue weighted by molar-refractivity contribution is 7.07. The monoisotopic (exact) mass is 490 g/mol. The predicted molar refractivity (Wildman–Crippen MR) is 109 cm³/mol. The first-order valence-corrected chi connectivity index (χ1v) is 11.0. The zero-order valence-corrected chi connectivity index (χ0v) is 18.2. The maximum Gasteiger partial charge on any atom is 0.490 e. The number of likely N-dealkylation sites (tertiary alicyclic amines) is 1. The number of aliphatic carboxylic acids is 2. The molecule has 1 atom stereocenters. The van der Waals surface area contributed by atoms with Crippen LogP contribution in [-0.4, -0.2) is 57.8 Å². The van der Waals surface area contributed by atoms with Crippen molar-refractivity contribution in [1.82, 2.24) is 9.88 Å². The summed E-state index contributed by atoms with van der Waals surface area (Å²) in [5, 5.41) is 18.6. The Hall–Kier alpha value is -2.57. The number of rotatable bonds is 5. The Morgan fingerprint density at radius 2 is 1.91 bits per heavy atom. The second kappa shape index (κ2) is 10.1. The molecule has 7 nitrogen and oxygen atoms in total. The van der Waals surface area contributed by atoms with Crippen molar-refractivity contribution in [2.24, 2.45) is 5.92 Å². The van der Waals surface area contributed by atoms with Crippen LogP contribution in [0, 0.1) is 11.7 Å². The van der Waals surface area contributed by atoms with Gasteiger partial charge in [0.25, 0.3) is 0 Å². The van der Waals surface area contributed by atoms with Crippen molar-refractivity contribution >= 4 is 23.3 Å². The molecule has 1 saturated heterocycles. The number of benzene rings is 1. The average molecular weight is 490 g/mol. The van der Waals surface area contributed by atoms with Gasteiger partial charge < -0.3 is 19.8 Å². The van der Waals surface area contributed by atoms with E-state index >= 15 is 0 Å². The zero-order valence-electron chi connectivity index (χ0n) is 17.3. The number of halogens is 4. The van der Waals surface area contributed by atoms with Crippen LogP contribution in [0.2, 0.25) is 0 Å². The average Bonchev–Trinajstić information content (AvgIpc) is 3.37. The number of hydrogen-bond acceptors (Lipinski definition) is 6. The summed E-state index contributed by atoms with van der Waals surface area (Å²) in [5.74, 6) is -4.25. The minimum absolute atomic E-state index is 0.231. The van der Waals surface area contributed by atoms with Crippen molar-refractivity contribution < 1.29 is 42.1 Å². The van der Waals surface area contributed by atoms with Crippen molar-refractivity contribution in [2.75, 3.05) is 19.6 Å². The van der Waals surface area contributed by atoms with Crippen LogP contribution < -0.4 is 0 Å². The quantitative estimate of drug-likeness (QED) is 0.617. The van der Waals surface area contributed by atoms with Crippen molar-refractivity contribution in [2.45, 2.75) is 37.6 Å². The lowest BCUT2D eigenvalue weighted by atomic mass is 9.83. The van der Waals surface area contributed by atoms with Gasteiger partial charge in [0, 0.05) is 31.4 Å². The van der Waals surface area contributed by atoms with E-state index in [2.05, 4.69) is 9.88 Å². The third-order valence-electron chi connectivity index (χ3n) is 5.74. The molecule has 33 heavy (non-hydrogen) atoms. The molecule has 4 rings (SSSR count). The van der Waals surface area contributed by atoms with Crippen LogP contribution in [0.3, 0.4) is 0 Å². The molecule has 1 aromatic carbocycles. The van der Waals surface area contributed by atoms with E-state index in [1.165, 1.54) is 17.4 Å². The molecule has 2 aliphatic heterocycles. The number of aromatic nitrogens is 1. The first-order chi connectivity index (χ1) is 15.5. The molecule has 0 aliphatic carbocycles. The molecule has 0 radical (unpaired) electrons. The normalized spacial score (nSPS) is 18.3. The standard InChI is InChI=1S/C19H21FN2O3S.C2HF3O2/c20-15-2-1-13-10-25-19(17(13)8-15)3-5-22(6-4-19)9-14(18(23)24)7-16-11-26-12-21-16;3-2(4,5)1(6)7/h1-2,8,11-12,14H,3-7,9-10H2,(H,23,24);(H,6,7). The number of alkyl halides is 3. The third-order valence-corrected chi connectivity index (χ3v) is 6.38. The number of carboxylic acids is 2. The van der Waals surface area contributed by atoms with Crippen LogP contribution in [0.1, 0.15) is 29.7 Å². The van der Waals surface area contributed by atoms with Crippen molar-refractivity contribution in [3.63, 3.8) is 0 Å². The largest absolute Gasteiger partial charge is 0.490 e. The first-order valence-electron chi connectivity index (χ1n) is 10.1. The predicted octanol–water partition coefficient (Wildman–Crippen LogP) is 3.68. The molecular formula is C21H22F4N2O5S. The highest BCUT2D eigenvalue weighted by atomic mass is 32.1. The third kappa shape index (κ3) is 6.27. The summed E-state index contributed by atoms with van der Waals surface area (Å²) in [7, 11) is 0. The minimum Gasteiger partial charge on any atom is -0.481 e. The van der Waals surface area contributed by atoms with Gasteiger partial charge in [0.1, 0.15) is 5.82 Å². The van der Waals surface area contributed by atoms with E-state index < -0.39 is 29.6 Å². The van der Waals surface area contributed by atoms with E-state index in [-0.39, 0.29) is 5.82 Å². The summed E-state index contributed by atoms with van der Waals surface area (Å²) in [6.07, 6.45) is -3.12. The van der Waals surface area contributed by atoms with Crippen molar-refractivity contribution in [1.29, 1.82) is 0 Å². The van der Waals surface area contributed by atoms with Crippen LogP contribution in [0.4, 0.5) is 17.6 Å². The lowest BCUT2D eigenvalue weighted by Crippen LogP contribution is -2.45. The fraction of sp³-hybridized carbons (Fsp3) is 0.476. The van der Waals surface area contributed by atoms with Crippen LogP contribution in [0.25, 0.3) is 0 Å². The van der Waals surface area contributed by atoms with Crippen molar-refractivity contribution in [3.8, 4) is 0 Å². The molecule has 180 valence electrons. The Bertz CT molecular complexity index is 976. The molecule has 1 unspecified atom stereocenters. The zero-order chi connectivity index (χ0) is 24.2. The van der Waals surface area contributed by atoms with Gasteiger partial charge in [0.2, 0.25) is 0 Å². The van der Waals surface area contributed by atoms with Gasteiger partial charge in [-0.1, -0.05) is 6.07 Å². The van der Waals surface area contributed by atoms with Crippen molar-refractivity contribution in [3.05, 3.63) is 51.7 Å². The number of thiazole rings is 1. The van der Waals surface area contributed by atoms with Gasteiger partial charge in [-0.2, -0.15) is 13.2 Å². The molecule has 2 aromatic rings. The molecule has 3 heterocycles. The van der Waals surface area contributed by atoms with Gasteiger partial charge in [-0.15, -0.1) is 11.3 Å². The molecule has 2 aliphatic rings. The fourth-order valence-corrected chi connectivity index (χ4v) is 4.61. The Morgan fingerprint density at radius 1 is 1.24 bits per heavy atom. The van der Waals surface area contributed by atoms with Gasteiger partial charge in [0.15, 0.2) is 0 Å². The molecule has 2 N–H and O–H groups in total. The lowest BCUT2D eigenvalue weighted by molar-refractivity contribution is -0.192. The van der Waals surface area contributed by atoms with Gasteiger partial charge in [-0.05, 0) is 36.1 Å². The fourth-order valence-electron chi connectivity index (χ4n) is 4.04. The molecule has 0 amide bonds. The molecule has 12 heteroatoms. The second-order valence-corrected chi connectivity index (χ2v) is 8.63. The van der Waals surface area contributed by atoms with Gasteiger partial charge in [-0.25, -0.2) is 14.2 Å². The van der Waals surface area contributed by atoms with E-state index in [9.17, 15) is 27.5 Å². The van der Waals surface area contributed by atoms with Gasteiger partial charge >= 0.3 is 18.1 Å². The summed E-state index contributed by atoms with van der Waals surface area (Å²) in [5.41, 5.74) is 4.18. The maximum atomic E-state index is 13.7. The van der Waals surface area contributed by atoms with Crippen LogP contribution in [0.5, 0.6) is 0 Å². The van der Waals surface area contributed by atoms with E-state index in [1.807, 2.05) is 5.38 Å². The molecule has 1 aromatic heterocycles. The van der Waals surface area contributed by atoms with E-state index in [0.29, 0.717) is 19.6 Å². The number of piperidine rings is 1. The van der Waals surface area contributed by atoms with E-state index in [4.69, 9.17) is 14.6 Å². The number of hydrogen-bond donors (Lipinski definition) is 2. The second-order valence-electron chi connectivity index (χ2n) is 7.91. The lowest BCUT2D eigenvalue weighted by Gasteiger charge is -2.40. The molecule has 1 fully saturated rings. The number of carbonyl (C=O) groups is 2. The Balaban J connectivity index is 0.000000383. The highest BCUT2D eigenvalue weighted by Gasteiger charge is 2.43. The summed E-state index contributed by atoms with van der Waals surface area (Å²) < 4.78 is 51.5. The van der Waals surface area contributed by atoms with E-state index in [1.54, 1.807) is 17.6 Å². The minimum atomic E-state index is -5.08.